The third kappa shape index (κ3) is 4.35. The molecule has 2 aromatic heterocycles. The number of carbonyl (C=O) groups is 1. The maximum Gasteiger partial charge on any atom is 0.322 e. The summed E-state index contributed by atoms with van der Waals surface area (Å²) in [6, 6.07) is 10.2. The van der Waals surface area contributed by atoms with Crippen molar-refractivity contribution in [2.75, 3.05) is 17.7 Å². The summed E-state index contributed by atoms with van der Waals surface area (Å²) in [7, 11) is 0. The molecule has 0 fully saturated rings. The van der Waals surface area contributed by atoms with Crippen LogP contribution in [0.1, 0.15) is 50.4 Å². The highest BCUT2D eigenvalue weighted by Gasteiger charge is 2.38. The molecule has 0 unspecified atom stereocenters. The lowest BCUT2D eigenvalue weighted by atomic mass is 9.86. The van der Waals surface area contributed by atoms with Gasteiger partial charge in [-0.3, -0.25) is 9.88 Å². The number of thioether (sulfide) groups is 1. The molecule has 0 aliphatic carbocycles. The summed E-state index contributed by atoms with van der Waals surface area (Å²) in [5.41, 5.74) is 5.63. The standard InChI is InChI=1S/C25H29N5OS/c1-16(2)23-19(12-26-15-29-23)21-10-20-22(13-27-21)30(14-25(20,3)4)24(31)28-11-17-6-8-18(32-5)9-7-17/h6-10,12-13,15-16H,11,14H2,1-5H3,(H,28,31). The number of carbonyl (C=O) groups excluding carboxylic acids is 1. The second-order valence-corrected chi connectivity index (χ2v) is 9.92. The average Bonchev–Trinajstić information content (AvgIpc) is 3.08. The lowest BCUT2D eigenvalue weighted by molar-refractivity contribution is 0.245. The first-order valence-electron chi connectivity index (χ1n) is 10.8. The Morgan fingerprint density at radius 2 is 1.94 bits per heavy atom. The third-order valence-corrected chi connectivity index (χ3v) is 6.61. The molecule has 2 amide bonds. The number of anilines is 1. The van der Waals surface area contributed by atoms with Crippen LogP contribution in [-0.2, 0) is 12.0 Å². The summed E-state index contributed by atoms with van der Waals surface area (Å²) in [5.74, 6) is 0.267. The number of aromatic nitrogens is 3. The van der Waals surface area contributed by atoms with Crippen LogP contribution in [0.4, 0.5) is 10.5 Å². The van der Waals surface area contributed by atoms with E-state index in [1.54, 1.807) is 23.0 Å². The summed E-state index contributed by atoms with van der Waals surface area (Å²) >= 11 is 1.71. The highest BCUT2D eigenvalue weighted by Crippen LogP contribution is 2.42. The van der Waals surface area contributed by atoms with Gasteiger partial charge in [0.25, 0.3) is 0 Å². The van der Waals surface area contributed by atoms with E-state index in [0.717, 1.165) is 33.8 Å². The smallest absolute Gasteiger partial charge is 0.322 e. The van der Waals surface area contributed by atoms with Gasteiger partial charge >= 0.3 is 6.03 Å². The largest absolute Gasteiger partial charge is 0.334 e. The average molecular weight is 448 g/mol. The third-order valence-electron chi connectivity index (χ3n) is 5.87. The fourth-order valence-corrected chi connectivity index (χ4v) is 4.52. The fraction of sp³-hybridized carbons (Fsp3) is 0.360. The molecule has 0 atom stereocenters. The molecule has 4 rings (SSSR count). The molecule has 6 nitrogen and oxygen atoms in total. The van der Waals surface area contributed by atoms with Crippen molar-refractivity contribution in [3.63, 3.8) is 0 Å². The first-order chi connectivity index (χ1) is 15.3. The minimum Gasteiger partial charge on any atom is -0.334 e. The first-order valence-corrected chi connectivity index (χ1v) is 12.0. The van der Waals surface area contributed by atoms with Crippen molar-refractivity contribution in [2.45, 2.75) is 50.5 Å². The maximum atomic E-state index is 13.1. The number of pyridine rings is 1. The summed E-state index contributed by atoms with van der Waals surface area (Å²) in [4.78, 5) is 29.4. The van der Waals surface area contributed by atoms with Gasteiger partial charge in [-0.05, 0) is 41.5 Å². The van der Waals surface area contributed by atoms with Crippen molar-refractivity contribution in [3.8, 4) is 11.3 Å². The van der Waals surface area contributed by atoms with Crippen LogP contribution in [-0.4, -0.2) is 33.8 Å². The van der Waals surface area contributed by atoms with Crippen LogP contribution in [0.2, 0.25) is 0 Å². The zero-order valence-electron chi connectivity index (χ0n) is 19.2. The second kappa shape index (κ2) is 8.90. The van der Waals surface area contributed by atoms with E-state index in [1.807, 2.05) is 12.4 Å². The molecule has 1 aromatic carbocycles. The number of benzene rings is 1. The van der Waals surface area contributed by atoms with Gasteiger partial charge in [0.05, 0.1) is 23.3 Å². The van der Waals surface area contributed by atoms with Gasteiger partial charge in [0, 0.05) is 35.2 Å². The Hall–Kier alpha value is -2.93. The Kier molecular flexibility index (Phi) is 6.20. The number of rotatable bonds is 5. The molecule has 0 saturated heterocycles. The van der Waals surface area contributed by atoms with Crippen LogP contribution in [0, 0.1) is 0 Å². The summed E-state index contributed by atoms with van der Waals surface area (Å²) in [5, 5.41) is 3.06. The predicted molar refractivity (Wildman–Crippen MR) is 130 cm³/mol. The number of urea groups is 1. The first kappa shape index (κ1) is 22.3. The number of fused-ring (bicyclic) bond motifs is 1. The molecule has 1 aliphatic heterocycles. The second-order valence-electron chi connectivity index (χ2n) is 9.04. The Morgan fingerprint density at radius 1 is 1.19 bits per heavy atom. The highest BCUT2D eigenvalue weighted by atomic mass is 32.2. The molecule has 3 heterocycles. The van der Waals surface area contributed by atoms with E-state index >= 15 is 0 Å². The van der Waals surface area contributed by atoms with E-state index in [9.17, 15) is 4.79 Å². The van der Waals surface area contributed by atoms with Crippen LogP contribution in [0.25, 0.3) is 11.3 Å². The molecule has 1 N–H and O–H groups in total. The zero-order chi connectivity index (χ0) is 22.9. The molecule has 0 spiro atoms. The van der Waals surface area contributed by atoms with E-state index in [1.165, 1.54) is 4.90 Å². The topological polar surface area (TPSA) is 71.0 Å². The molecule has 0 bridgehead atoms. The minimum atomic E-state index is -0.183. The summed E-state index contributed by atoms with van der Waals surface area (Å²) in [6.45, 7) is 9.65. The molecular formula is C25H29N5OS. The van der Waals surface area contributed by atoms with Crippen LogP contribution < -0.4 is 10.2 Å². The zero-order valence-corrected chi connectivity index (χ0v) is 20.0. The predicted octanol–water partition coefficient (Wildman–Crippen LogP) is 5.39. The Labute approximate surface area is 193 Å². The number of nitrogens with one attached hydrogen (secondary N) is 1. The van der Waals surface area contributed by atoms with Crippen LogP contribution >= 0.6 is 11.8 Å². The van der Waals surface area contributed by atoms with Gasteiger partial charge in [0.2, 0.25) is 0 Å². The number of hydrogen-bond donors (Lipinski definition) is 1. The molecule has 166 valence electrons. The number of hydrogen-bond acceptors (Lipinski definition) is 5. The molecule has 0 radical (unpaired) electrons. The normalized spacial score (nSPS) is 14.5. The van der Waals surface area contributed by atoms with Gasteiger partial charge in [-0.25, -0.2) is 14.8 Å². The van der Waals surface area contributed by atoms with E-state index in [2.05, 4.69) is 79.6 Å². The molecule has 3 aromatic rings. The quantitative estimate of drug-likeness (QED) is 0.531. The van der Waals surface area contributed by atoms with Crippen molar-refractivity contribution >= 4 is 23.5 Å². The summed E-state index contributed by atoms with van der Waals surface area (Å²) in [6.07, 6.45) is 7.27. The lowest BCUT2D eigenvalue weighted by Gasteiger charge is -2.21. The Morgan fingerprint density at radius 3 is 2.62 bits per heavy atom. The monoisotopic (exact) mass is 447 g/mol. The molecule has 32 heavy (non-hydrogen) atoms. The van der Waals surface area contributed by atoms with Crippen LogP contribution in [0.5, 0.6) is 0 Å². The van der Waals surface area contributed by atoms with Crippen molar-refractivity contribution in [1.29, 1.82) is 0 Å². The van der Waals surface area contributed by atoms with Gasteiger partial charge in [0.1, 0.15) is 6.33 Å². The van der Waals surface area contributed by atoms with E-state index < -0.39 is 0 Å². The van der Waals surface area contributed by atoms with Crippen molar-refractivity contribution in [2.24, 2.45) is 0 Å². The molecule has 0 saturated carbocycles. The highest BCUT2D eigenvalue weighted by molar-refractivity contribution is 7.98. The van der Waals surface area contributed by atoms with E-state index in [0.29, 0.717) is 13.1 Å². The minimum absolute atomic E-state index is 0.105. The number of amides is 2. The fourth-order valence-electron chi connectivity index (χ4n) is 4.11. The Bertz CT molecular complexity index is 1130. The molecular weight excluding hydrogens is 418 g/mol. The van der Waals surface area contributed by atoms with Gasteiger partial charge in [-0.1, -0.05) is 39.8 Å². The molecule has 1 aliphatic rings. The van der Waals surface area contributed by atoms with Crippen molar-refractivity contribution in [3.05, 3.63) is 65.9 Å². The Balaban J connectivity index is 1.57. The van der Waals surface area contributed by atoms with Crippen molar-refractivity contribution < 1.29 is 4.79 Å². The van der Waals surface area contributed by atoms with Crippen molar-refractivity contribution in [1.82, 2.24) is 20.3 Å². The number of nitrogens with zero attached hydrogens (tertiary/aromatic N) is 4. The van der Waals surface area contributed by atoms with E-state index in [-0.39, 0.29) is 17.4 Å². The van der Waals surface area contributed by atoms with E-state index in [4.69, 9.17) is 4.98 Å². The summed E-state index contributed by atoms with van der Waals surface area (Å²) < 4.78 is 0. The maximum absolute atomic E-state index is 13.1. The van der Waals surface area contributed by atoms with Crippen LogP contribution in [0.15, 0.2) is 53.9 Å². The van der Waals surface area contributed by atoms with Crippen LogP contribution in [0.3, 0.4) is 0 Å². The van der Waals surface area contributed by atoms with Gasteiger partial charge < -0.3 is 5.32 Å². The SMILES string of the molecule is CSc1ccc(CNC(=O)N2CC(C)(C)c3cc(-c4cncnc4C(C)C)ncc32)cc1. The van der Waals surface area contributed by atoms with Gasteiger partial charge in [0.15, 0.2) is 0 Å². The van der Waals surface area contributed by atoms with Gasteiger partial charge in [-0.15, -0.1) is 11.8 Å². The molecule has 7 heteroatoms. The lowest BCUT2D eigenvalue weighted by Crippen LogP contribution is -2.41. The van der Waals surface area contributed by atoms with Gasteiger partial charge in [-0.2, -0.15) is 0 Å².